The molecule has 1 heterocycles. The van der Waals surface area contributed by atoms with Gasteiger partial charge in [-0.25, -0.2) is 0 Å². The van der Waals surface area contributed by atoms with Crippen molar-refractivity contribution in [1.82, 2.24) is 4.90 Å². The normalized spacial score (nSPS) is 22.0. The summed E-state index contributed by atoms with van der Waals surface area (Å²) in [6, 6.07) is 4.83. The van der Waals surface area contributed by atoms with Gasteiger partial charge in [-0.15, -0.1) is 0 Å². The molecule has 1 amide bonds. The fourth-order valence-electron chi connectivity index (χ4n) is 2.40. The summed E-state index contributed by atoms with van der Waals surface area (Å²) in [4.78, 5) is 13.2. The molecule has 0 spiro atoms. The van der Waals surface area contributed by atoms with Crippen LogP contribution in [0.4, 0.5) is 13.2 Å². The second-order valence-electron chi connectivity index (χ2n) is 5.19. The molecule has 0 saturated carbocycles. The van der Waals surface area contributed by atoms with Gasteiger partial charge in [-0.1, -0.05) is 17.7 Å². The maximum atomic E-state index is 12.8. The lowest BCUT2D eigenvalue weighted by atomic mass is 10.0. The van der Waals surface area contributed by atoms with Gasteiger partial charge in [-0.05, 0) is 12.1 Å². The molecule has 0 unspecified atom stereocenters. The monoisotopic (exact) mass is 337 g/mol. The summed E-state index contributed by atoms with van der Waals surface area (Å²) in [7, 11) is 1.41. The molecule has 0 aromatic heterocycles. The molecule has 8 heteroatoms. The third kappa shape index (κ3) is 3.15. The summed E-state index contributed by atoms with van der Waals surface area (Å²) in [5.41, 5.74) is -2.42. The number of β-amino-alcohol motifs (C(OH)–C–C–N with tert-alkyl or cyclic N) is 1. The van der Waals surface area contributed by atoms with Gasteiger partial charge in [0.25, 0.3) is 0 Å². The average Bonchev–Trinajstić information content (AvgIpc) is 2.84. The van der Waals surface area contributed by atoms with Crippen LogP contribution in [0.3, 0.4) is 0 Å². The van der Waals surface area contributed by atoms with Crippen LogP contribution >= 0.6 is 11.6 Å². The van der Waals surface area contributed by atoms with Gasteiger partial charge in [0.1, 0.15) is 5.75 Å². The zero-order valence-corrected chi connectivity index (χ0v) is 12.5. The number of carbonyl (C=O) groups is 1. The van der Waals surface area contributed by atoms with E-state index in [9.17, 15) is 23.1 Å². The van der Waals surface area contributed by atoms with E-state index in [4.69, 9.17) is 16.3 Å². The average molecular weight is 338 g/mol. The first-order valence-electron chi connectivity index (χ1n) is 6.56. The lowest BCUT2D eigenvalue weighted by Gasteiger charge is -2.26. The number of rotatable bonds is 3. The Morgan fingerprint density at radius 2 is 2.18 bits per heavy atom. The van der Waals surface area contributed by atoms with E-state index >= 15 is 0 Å². The number of alkyl halides is 3. The standard InChI is InChI=1S/C14H15ClF3NO3/c1-22-11-4-2-3-10(15)9(11)7-12(20)19-6-5-13(21,8-19)14(16,17)18/h2-4,21H,5-8H2,1H3/t13-/m0/s1. The maximum Gasteiger partial charge on any atom is 0.419 e. The Morgan fingerprint density at radius 1 is 1.50 bits per heavy atom. The highest BCUT2D eigenvalue weighted by molar-refractivity contribution is 6.31. The number of hydrogen-bond acceptors (Lipinski definition) is 3. The first kappa shape index (κ1) is 16.9. The van der Waals surface area contributed by atoms with Crippen molar-refractivity contribution in [1.29, 1.82) is 0 Å². The Hall–Kier alpha value is -1.47. The summed E-state index contributed by atoms with van der Waals surface area (Å²) in [6.07, 6.45) is -5.47. The zero-order chi connectivity index (χ0) is 16.5. The number of halogens is 4. The molecule has 2 rings (SSSR count). The maximum absolute atomic E-state index is 12.8. The second-order valence-corrected chi connectivity index (χ2v) is 5.60. The van der Waals surface area contributed by atoms with Crippen molar-refractivity contribution >= 4 is 17.5 Å². The zero-order valence-electron chi connectivity index (χ0n) is 11.8. The van der Waals surface area contributed by atoms with E-state index in [0.29, 0.717) is 16.3 Å². The van der Waals surface area contributed by atoms with Gasteiger partial charge in [0.2, 0.25) is 5.91 Å². The summed E-state index contributed by atoms with van der Waals surface area (Å²) in [5, 5.41) is 9.90. The fraction of sp³-hybridized carbons (Fsp3) is 0.500. The van der Waals surface area contributed by atoms with Crippen LogP contribution in [0.25, 0.3) is 0 Å². The first-order valence-corrected chi connectivity index (χ1v) is 6.94. The topological polar surface area (TPSA) is 49.8 Å². The van der Waals surface area contributed by atoms with Gasteiger partial charge in [-0.3, -0.25) is 4.79 Å². The minimum atomic E-state index is -4.76. The SMILES string of the molecule is COc1cccc(Cl)c1CC(=O)N1CC[C@@](O)(C(F)(F)F)C1. The Morgan fingerprint density at radius 3 is 2.73 bits per heavy atom. The Labute approximate surface area is 130 Å². The molecule has 1 aromatic carbocycles. The van der Waals surface area contributed by atoms with Crippen LogP contribution in [-0.2, 0) is 11.2 Å². The molecule has 0 radical (unpaired) electrons. The number of carbonyl (C=O) groups excluding carboxylic acids is 1. The van der Waals surface area contributed by atoms with E-state index in [1.807, 2.05) is 0 Å². The first-order chi connectivity index (χ1) is 10.2. The molecule has 1 aliphatic rings. The fourth-order valence-corrected chi connectivity index (χ4v) is 2.64. The Kier molecular flexibility index (Phi) is 4.58. The van der Waals surface area contributed by atoms with Crippen molar-refractivity contribution in [2.24, 2.45) is 0 Å². The van der Waals surface area contributed by atoms with Crippen molar-refractivity contribution in [3.05, 3.63) is 28.8 Å². The summed E-state index contributed by atoms with van der Waals surface area (Å²) < 4.78 is 43.4. The molecule has 1 saturated heterocycles. The quantitative estimate of drug-likeness (QED) is 0.921. The number of likely N-dealkylation sites (tertiary alicyclic amines) is 1. The van der Waals surface area contributed by atoms with Crippen LogP contribution in [0.15, 0.2) is 18.2 Å². The molecule has 1 fully saturated rings. The van der Waals surface area contributed by atoms with Crippen molar-refractivity contribution < 1.29 is 27.8 Å². The van der Waals surface area contributed by atoms with Crippen LogP contribution in [0.1, 0.15) is 12.0 Å². The lowest BCUT2D eigenvalue weighted by Crippen LogP contribution is -2.48. The van der Waals surface area contributed by atoms with Crippen molar-refractivity contribution in [3.63, 3.8) is 0 Å². The predicted octanol–water partition coefficient (Wildman–Crippen LogP) is 2.42. The summed E-state index contributed by atoms with van der Waals surface area (Å²) >= 11 is 6.01. The van der Waals surface area contributed by atoms with Gasteiger partial charge < -0.3 is 14.7 Å². The molecular formula is C14H15ClF3NO3. The van der Waals surface area contributed by atoms with Crippen LogP contribution < -0.4 is 4.74 Å². The number of hydrogen-bond donors (Lipinski definition) is 1. The molecular weight excluding hydrogens is 323 g/mol. The molecule has 1 N–H and O–H groups in total. The van der Waals surface area contributed by atoms with Crippen LogP contribution in [0.2, 0.25) is 5.02 Å². The molecule has 122 valence electrons. The number of ether oxygens (including phenoxy) is 1. The highest BCUT2D eigenvalue weighted by Crippen LogP contribution is 2.38. The van der Waals surface area contributed by atoms with E-state index in [0.717, 1.165) is 4.90 Å². The Bertz CT molecular complexity index is 579. The van der Waals surface area contributed by atoms with Crippen molar-refractivity contribution in [2.75, 3.05) is 20.2 Å². The molecule has 1 atom stereocenters. The van der Waals surface area contributed by atoms with Gasteiger partial charge in [0.05, 0.1) is 20.1 Å². The van der Waals surface area contributed by atoms with Gasteiger partial charge in [0.15, 0.2) is 5.60 Å². The summed E-state index contributed by atoms with van der Waals surface area (Å²) in [6.45, 7) is -0.913. The van der Waals surface area contributed by atoms with E-state index in [2.05, 4.69) is 0 Å². The van der Waals surface area contributed by atoms with Crippen LogP contribution in [0, 0.1) is 0 Å². The number of benzene rings is 1. The molecule has 1 aliphatic heterocycles. The lowest BCUT2D eigenvalue weighted by molar-refractivity contribution is -0.253. The molecule has 1 aromatic rings. The third-order valence-electron chi connectivity index (χ3n) is 3.75. The number of nitrogens with zero attached hydrogens (tertiary/aromatic N) is 1. The smallest absolute Gasteiger partial charge is 0.419 e. The minimum absolute atomic E-state index is 0.151. The summed E-state index contributed by atoms with van der Waals surface area (Å²) in [5.74, 6) is -0.141. The molecule has 4 nitrogen and oxygen atoms in total. The van der Waals surface area contributed by atoms with E-state index in [1.165, 1.54) is 7.11 Å². The largest absolute Gasteiger partial charge is 0.496 e. The van der Waals surface area contributed by atoms with E-state index < -0.39 is 30.7 Å². The Balaban J connectivity index is 2.12. The molecule has 22 heavy (non-hydrogen) atoms. The van der Waals surface area contributed by atoms with Crippen LogP contribution in [-0.4, -0.2) is 47.9 Å². The van der Waals surface area contributed by atoms with Crippen molar-refractivity contribution in [3.8, 4) is 5.75 Å². The van der Waals surface area contributed by atoms with E-state index in [-0.39, 0.29) is 13.0 Å². The highest BCUT2D eigenvalue weighted by atomic mass is 35.5. The number of methoxy groups -OCH3 is 1. The molecule has 0 bridgehead atoms. The minimum Gasteiger partial charge on any atom is -0.496 e. The number of amides is 1. The van der Waals surface area contributed by atoms with Gasteiger partial charge >= 0.3 is 6.18 Å². The second kappa shape index (κ2) is 5.96. The predicted molar refractivity (Wildman–Crippen MR) is 73.9 cm³/mol. The number of aliphatic hydroxyl groups is 1. The third-order valence-corrected chi connectivity index (χ3v) is 4.11. The van der Waals surface area contributed by atoms with Gasteiger partial charge in [0, 0.05) is 23.6 Å². The van der Waals surface area contributed by atoms with Gasteiger partial charge in [-0.2, -0.15) is 13.2 Å². The van der Waals surface area contributed by atoms with E-state index in [1.54, 1.807) is 18.2 Å². The highest BCUT2D eigenvalue weighted by Gasteiger charge is 2.57. The molecule has 0 aliphatic carbocycles. The van der Waals surface area contributed by atoms with Crippen LogP contribution in [0.5, 0.6) is 5.75 Å². The van der Waals surface area contributed by atoms with Crippen molar-refractivity contribution in [2.45, 2.75) is 24.6 Å².